The first-order valence-corrected chi connectivity index (χ1v) is 10.1. The zero-order valence-corrected chi connectivity index (χ0v) is 14.4. The lowest BCUT2D eigenvalue weighted by molar-refractivity contribution is -0.639. The van der Waals surface area contributed by atoms with Crippen LogP contribution >= 0.6 is 0 Å². The van der Waals surface area contributed by atoms with Gasteiger partial charge in [0, 0.05) is 18.9 Å². The van der Waals surface area contributed by atoms with Crippen molar-refractivity contribution in [3.63, 3.8) is 0 Å². The number of nitrogens with zero attached hydrogens (tertiary/aromatic N) is 2. The highest BCUT2D eigenvalue weighted by atomic mass is 15.3. The Kier molecular flexibility index (Phi) is 6.72. The summed E-state index contributed by atoms with van der Waals surface area (Å²) in [6.07, 6.45) is 20.9. The van der Waals surface area contributed by atoms with Crippen LogP contribution in [0.4, 0.5) is 0 Å². The van der Waals surface area contributed by atoms with Crippen molar-refractivity contribution >= 4 is 0 Å². The molecule has 3 heteroatoms. The smallest absolute Gasteiger partial charge is 0.222 e. The van der Waals surface area contributed by atoms with Crippen molar-refractivity contribution in [3.8, 4) is 0 Å². The predicted octanol–water partition coefficient (Wildman–Crippen LogP) is 5.00. The minimum atomic E-state index is 0.615. The molecule has 3 nitrogen and oxygen atoms in total. The van der Waals surface area contributed by atoms with Crippen LogP contribution < -0.4 is 5.32 Å². The lowest BCUT2D eigenvalue weighted by Gasteiger charge is -2.25. The highest BCUT2D eigenvalue weighted by Crippen LogP contribution is 2.24. The van der Waals surface area contributed by atoms with Gasteiger partial charge in [-0.15, -0.1) is 4.70 Å². The number of rotatable bonds is 5. The minimum Gasteiger partial charge on any atom is -0.257 e. The van der Waals surface area contributed by atoms with Crippen LogP contribution in [0, 0.1) is 0 Å². The Morgan fingerprint density at radius 1 is 0.682 bits per heavy atom. The second kappa shape index (κ2) is 9.00. The molecule has 3 fully saturated rings. The SMILES string of the molecule is C1CCC(N=[N+](CNC2CCCCC2)C2CCCCC2)CC1. The van der Waals surface area contributed by atoms with Gasteiger partial charge >= 0.3 is 0 Å². The summed E-state index contributed by atoms with van der Waals surface area (Å²) in [6, 6.07) is 2.08. The summed E-state index contributed by atoms with van der Waals surface area (Å²) in [6.45, 7) is 1.01. The summed E-state index contributed by atoms with van der Waals surface area (Å²) in [4.78, 5) is 0. The molecule has 3 rings (SSSR count). The van der Waals surface area contributed by atoms with Gasteiger partial charge in [0.1, 0.15) is 6.04 Å². The molecule has 0 spiro atoms. The summed E-state index contributed by atoms with van der Waals surface area (Å²) in [5.74, 6) is 0. The van der Waals surface area contributed by atoms with Crippen molar-refractivity contribution in [3.05, 3.63) is 0 Å². The van der Waals surface area contributed by atoms with Crippen molar-refractivity contribution in [2.75, 3.05) is 6.67 Å². The van der Waals surface area contributed by atoms with E-state index < -0.39 is 0 Å². The first-order chi connectivity index (χ1) is 10.9. The van der Waals surface area contributed by atoms with E-state index in [1.165, 1.54) is 96.3 Å². The van der Waals surface area contributed by atoms with Crippen molar-refractivity contribution in [1.82, 2.24) is 5.32 Å². The van der Waals surface area contributed by atoms with Gasteiger partial charge < -0.3 is 0 Å². The fourth-order valence-electron chi connectivity index (χ4n) is 4.58. The van der Waals surface area contributed by atoms with Crippen molar-refractivity contribution < 1.29 is 4.70 Å². The fourth-order valence-corrected chi connectivity index (χ4v) is 4.58. The summed E-state index contributed by atoms with van der Waals surface area (Å²) in [7, 11) is 0. The van der Waals surface area contributed by atoms with Crippen molar-refractivity contribution in [2.24, 2.45) is 5.11 Å². The van der Waals surface area contributed by atoms with Crippen LogP contribution in [0.1, 0.15) is 96.3 Å². The standard InChI is InChI=1S/C19H36N3/c1-4-10-17(11-5-1)20-16-22(19-14-8-3-9-15-19)21-18-12-6-2-7-13-18/h17-20H,1-16H2/q+1. The van der Waals surface area contributed by atoms with Crippen LogP contribution in [0.3, 0.4) is 0 Å². The van der Waals surface area contributed by atoms with Crippen molar-refractivity contribution in [1.29, 1.82) is 0 Å². The van der Waals surface area contributed by atoms with E-state index >= 15 is 0 Å². The molecule has 0 saturated heterocycles. The van der Waals surface area contributed by atoms with Gasteiger partial charge in [0.15, 0.2) is 6.04 Å². The molecule has 0 aromatic heterocycles. The molecule has 3 saturated carbocycles. The highest BCUT2D eigenvalue weighted by Gasteiger charge is 2.28. The van der Waals surface area contributed by atoms with Crippen LogP contribution in [0.2, 0.25) is 0 Å². The van der Waals surface area contributed by atoms with Crippen LogP contribution in [-0.2, 0) is 0 Å². The van der Waals surface area contributed by atoms with Crippen LogP contribution in [0.25, 0.3) is 0 Å². The van der Waals surface area contributed by atoms with E-state index in [4.69, 9.17) is 5.11 Å². The molecule has 3 aliphatic carbocycles. The Labute approximate surface area is 136 Å². The third-order valence-electron chi connectivity index (χ3n) is 6.03. The molecule has 0 atom stereocenters. The van der Waals surface area contributed by atoms with Gasteiger partial charge in [0.05, 0.1) is 0 Å². The molecule has 0 unspecified atom stereocenters. The van der Waals surface area contributed by atoms with Crippen molar-refractivity contribution in [2.45, 2.75) is 114 Å². The van der Waals surface area contributed by atoms with Gasteiger partial charge in [-0.1, -0.05) is 44.9 Å². The summed E-state index contributed by atoms with van der Waals surface area (Å²) in [5, 5.41) is 9.06. The van der Waals surface area contributed by atoms with E-state index in [1.807, 2.05) is 0 Å². The number of hydrogen-bond acceptors (Lipinski definition) is 2. The molecule has 0 amide bonds. The maximum atomic E-state index is 5.21. The van der Waals surface area contributed by atoms with Gasteiger partial charge in [-0.2, -0.15) is 0 Å². The van der Waals surface area contributed by atoms with E-state index in [1.54, 1.807) is 0 Å². The average Bonchev–Trinajstić information content (AvgIpc) is 2.61. The molecule has 126 valence electrons. The van der Waals surface area contributed by atoms with E-state index in [-0.39, 0.29) is 0 Å². The zero-order valence-electron chi connectivity index (χ0n) is 14.4. The average molecular weight is 307 g/mol. The quantitative estimate of drug-likeness (QED) is 0.432. The van der Waals surface area contributed by atoms with E-state index in [2.05, 4.69) is 10.0 Å². The summed E-state index contributed by atoms with van der Waals surface area (Å²) < 4.78 is 2.49. The molecule has 0 radical (unpaired) electrons. The Bertz CT molecular complexity index is 335. The molecule has 0 aromatic carbocycles. The number of nitrogens with one attached hydrogen (secondary N) is 1. The van der Waals surface area contributed by atoms with E-state index in [0.717, 1.165) is 12.7 Å². The molecule has 0 heterocycles. The predicted molar refractivity (Wildman–Crippen MR) is 91.3 cm³/mol. The number of hydrogen-bond donors (Lipinski definition) is 1. The summed E-state index contributed by atoms with van der Waals surface area (Å²) >= 11 is 0. The Balaban J connectivity index is 1.58. The fraction of sp³-hybridized carbons (Fsp3) is 1.00. The van der Waals surface area contributed by atoms with Crippen LogP contribution in [0.5, 0.6) is 0 Å². The molecule has 3 aliphatic rings. The van der Waals surface area contributed by atoms with Gasteiger partial charge in [0.25, 0.3) is 0 Å². The highest BCUT2D eigenvalue weighted by molar-refractivity contribution is 4.72. The second-order valence-electron chi connectivity index (χ2n) is 7.84. The molecule has 0 bridgehead atoms. The largest absolute Gasteiger partial charge is 0.257 e. The summed E-state index contributed by atoms with van der Waals surface area (Å²) in [5.41, 5.74) is 0. The first kappa shape index (κ1) is 16.4. The van der Waals surface area contributed by atoms with Crippen LogP contribution in [0.15, 0.2) is 5.11 Å². The third kappa shape index (κ3) is 5.04. The van der Waals surface area contributed by atoms with Gasteiger partial charge in [0.2, 0.25) is 6.67 Å². The minimum absolute atomic E-state index is 0.615. The normalized spacial score (nSPS) is 27.2. The first-order valence-electron chi connectivity index (χ1n) is 10.1. The molecule has 22 heavy (non-hydrogen) atoms. The zero-order chi connectivity index (χ0) is 15.0. The van der Waals surface area contributed by atoms with E-state index in [0.29, 0.717) is 12.1 Å². The maximum Gasteiger partial charge on any atom is 0.222 e. The molecule has 0 aliphatic heterocycles. The monoisotopic (exact) mass is 306 g/mol. The van der Waals surface area contributed by atoms with Crippen LogP contribution in [-0.4, -0.2) is 29.5 Å². The molecule has 1 N–H and O–H groups in total. The lowest BCUT2D eigenvalue weighted by atomic mass is 9.94. The topological polar surface area (TPSA) is 27.4 Å². The number of azo groups is 2. The maximum absolute atomic E-state index is 5.21. The van der Waals surface area contributed by atoms with Gasteiger partial charge in [-0.25, -0.2) is 0 Å². The van der Waals surface area contributed by atoms with E-state index in [9.17, 15) is 0 Å². The molecular weight excluding hydrogens is 270 g/mol. The molecular formula is C19H36N3+. The Morgan fingerprint density at radius 2 is 1.23 bits per heavy atom. The Morgan fingerprint density at radius 3 is 1.86 bits per heavy atom. The lowest BCUT2D eigenvalue weighted by Crippen LogP contribution is -2.41. The van der Waals surface area contributed by atoms with Gasteiger partial charge in [-0.3, -0.25) is 5.32 Å². The second-order valence-corrected chi connectivity index (χ2v) is 7.84. The van der Waals surface area contributed by atoms with Gasteiger partial charge in [-0.05, 0) is 43.6 Å². The Hall–Kier alpha value is -0.440. The molecule has 0 aromatic rings. The third-order valence-corrected chi connectivity index (χ3v) is 6.03.